The first-order chi connectivity index (χ1) is 10.0. The fourth-order valence-electron chi connectivity index (χ4n) is 1.97. The average molecular weight is 323 g/mol. The van der Waals surface area contributed by atoms with Gasteiger partial charge in [-0.3, -0.25) is 9.69 Å². The van der Waals surface area contributed by atoms with Crippen LogP contribution in [0.15, 0.2) is 36.4 Å². The fraction of sp³-hybridized carbons (Fsp3) is 0.312. The predicted molar refractivity (Wildman–Crippen MR) is 88.7 cm³/mol. The van der Waals surface area contributed by atoms with E-state index in [-0.39, 0.29) is 5.91 Å². The number of likely N-dealkylation sites (N-methyl/N-ethyl adjacent to an activating group) is 1. The number of halogens is 1. The van der Waals surface area contributed by atoms with Crippen LogP contribution in [-0.4, -0.2) is 24.4 Å². The molecule has 21 heavy (non-hydrogen) atoms. The van der Waals surface area contributed by atoms with Crippen LogP contribution in [0, 0.1) is 6.92 Å². The Morgan fingerprint density at radius 2 is 1.95 bits per heavy atom. The van der Waals surface area contributed by atoms with Crippen LogP contribution in [0.5, 0.6) is 0 Å². The molecule has 1 heterocycles. The van der Waals surface area contributed by atoms with Crippen LogP contribution in [-0.2, 0) is 17.9 Å². The van der Waals surface area contributed by atoms with Crippen LogP contribution in [0.4, 0.5) is 0 Å². The Bertz CT molecular complexity index is 595. The van der Waals surface area contributed by atoms with Crippen molar-refractivity contribution in [1.29, 1.82) is 0 Å². The second kappa shape index (κ2) is 7.59. The maximum atomic E-state index is 11.9. The lowest BCUT2D eigenvalue weighted by atomic mass is 10.1. The van der Waals surface area contributed by atoms with Crippen LogP contribution in [0.3, 0.4) is 0 Å². The highest BCUT2D eigenvalue weighted by atomic mass is 35.5. The minimum absolute atomic E-state index is 0.0285. The zero-order valence-corrected chi connectivity index (χ0v) is 13.8. The zero-order valence-electron chi connectivity index (χ0n) is 12.2. The first-order valence-corrected chi connectivity index (χ1v) is 7.97. The number of nitrogens with one attached hydrogen (secondary N) is 1. The van der Waals surface area contributed by atoms with Gasteiger partial charge in [0, 0.05) is 18.0 Å². The summed E-state index contributed by atoms with van der Waals surface area (Å²) in [6.07, 6.45) is 0. The van der Waals surface area contributed by atoms with E-state index in [9.17, 15) is 4.79 Å². The third-order valence-corrected chi connectivity index (χ3v) is 4.29. The van der Waals surface area contributed by atoms with E-state index < -0.39 is 0 Å². The molecule has 0 saturated carbocycles. The quantitative estimate of drug-likeness (QED) is 0.883. The summed E-state index contributed by atoms with van der Waals surface area (Å²) in [6, 6.07) is 12.0. The van der Waals surface area contributed by atoms with Gasteiger partial charge in [0.15, 0.2) is 0 Å². The van der Waals surface area contributed by atoms with Gasteiger partial charge in [0.05, 0.1) is 10.9 Å². The number of aryl methyl sites for hydroxylation is 1. The van der Waals surface area contributed by atoms with Crippen molar-refractivity contribution in [2.45, 2.75) is 20.0 Å². The molecule has 1 aromatic carbocycles. The second-order valence-electron chi connectivity index (χ2n) is 5.14. The average Bonchev–Trinajstić information content (AvgIpc) is 2.83. The SMILES string of the molecule is Cc1ccc(CNC(=O)CN(C)Cc2ccc(Cl)s2)cc1. The van der Waals surface area contributed by atoms with Gasteiger partial charge in [-0.1, -0.05) is 41.4 Å². The Kier molecular flexibility index (Phi) is 5.79. The summed E-state index contributed by atoms with van der Waals surface area (Å²) in [5, 5.41) is 2.94. The molecule has 0 radical (unpaired) electrons. The fourth-order valence-corrected chi connectivity index (χ4v) is 3.13. The zero-order chi connectivity index (χ0) is 15.2. The van der Waals surface area contributed by atoms with E-state index in [4.69, 9.17) is 11.6 Å². The van der Waals surface area contributed by atoms with Crippen molar-refractivity contribution >= 4 is 28.8 Å². The summed E-state index contributed by atoms with van der Waals surface area (Å²) in [5.41, 5.74) is 2.33. The largest absolute Gasteiger partial charge is 0.351 e. The van der Waals surface area contributed by atoms with Gasteiger partial charge in [0.1, 0.15) is 0 Å². The Morgan fingerprint density at radius 3 is 2.57 bits per heavy atom. The number of thiophene rings is 1. The first-order valence-electron chi connectivity index (χ1n) is 6.78. The number of hydrogen-bond donors (Lipinski definition) is 1. The van der Waals surface area contributed by atoms with Crippen molar-refractivity contribution in [1.82, 2.24) is 10.2 Å². The van der Waals surface area contributed by atoms with E-state index in [0.29, 0.717) is 13.1 Å². The van der Waals surface area contributed by atoms with Gasteiger partial charge in [-0.05, 0) is 31.7 Å². The molecule has 0 bridgehead atoms. The number of nitrogens with zero attached hydrogens (tertiary/aromatic N) is 1. The van der Waals surface area contributed by atoms with E-state index in [1.165, 1.54) is 5.56 Å². The molecule has 1 N–H and O–H groups in total. The van der Waals surface area contributed by atoms with Gasteiger partial charge in [-0.15, -0.1) is 11.3 Å². The monoisotopic (exact) mass is 322 g/mol. The molecule has 0 aliphatic heterocycles. The Hall–Kier alpha value is -1.36. The van der Waals surface area contributed by atoms with Gasteiger partial charge in [0.25, 0.3) is 0 Å². The third kappa shape index (κ3) is 5.50. The number of carbonyl (C=O) groups excluding carboxylic acids is 1. The minimum atomic E-state index is 0.0285. The maximum absolute atomic E-state index is 11.9. The highest BCUT2D eigenvalue weighted by Crippen LogP contribution is 2.22. The summed E-state index contributed by atoms with van der Waals surface area (Å²) < 4.78 is 0.780. The summed E-state index contributed by atoms with van der Waals surface area (Å²) in [4.78, 5) is 15.1. The molecular weight excluding hydrogens is 304 g/mol. The number of amides is 1. The summed E-state index contributed by atoms with van der Waals surface area (Å²) in [5.74, 6) is 0.0285. The molecule has 0 aliphatic rings. The maximum Gasteiger partial charge on any atom is 0.234 e. The van der Waals surface area contributed by atoms with Gasteiger partial charge in [-0.25, -0.2) is 0 Å². The van der Waals surface area contributed by atoms with E-state index in [1.54, 1.807) is 11.3 Å². The van der Waals surface area contributed by atoms with Crippen LogP contribution in [0.2, 0.25) is 4.34 Å². The Labute approximate surface area is 134 Å². The molecule has 5 heteroatoms. The lowest BCUT2D eigenvalue weighted by Crippen LogP contribution is -2.34. The minimum Gasteiger partial charge on any atom is -0.351 e. The Morgan fingerprint density at radius 1 is 1.24 bits per heavy atom. The van der Waals surface area contributed by atoms with Crippen molar-refractivity contribution in [2.75, 3.05) is 13.6 Å². The molecule has 0 spiro atoms. The number of benzene rings is 1. The lowest BCUT2D eigenvalue weighted by molar-refractivity contribution is -0.122. The van der Waals surface area contributed by atoms with Crippen molar-refractivity contribution in [3.63, 3.8) is 0 Å². The topological polar surface area (TPSA) is 32.3 Å². The van der Waals surface area contributed by atoms with Crippen LogP contribution in [0.25, 0.3) is 0 Å². The molecule has 3 nitrogen and oxygen atoms in total. The van der Waals surface area contributed by atoms with Crippen molar-refractivity contribution in [3.8, 4) is 0 Å². The second-order valence-corrected chi connectivity index (χ2v) is 6.94. The van der Waals surface area contributed by atoms with Crippen LogP contribution >= 0.6 is 22.9 Å². The normalized spacial score (nSPS) is 10.9. The van der Waals surface area contributed by atoms with Gasteiger partial charge >= 0.3 is 0 Å². The molecule has 0 saturated heterocycles. The first kappa shape index (κ1) is 16.0. The number of hydrogen-bond acceptors (Lipinski definition) is 3. The molecule has 0 unspecified atom stereocenters. The van der Waals surface area contributed by atoms with E-state index in [0.717, 1.165) is 21.3 Å². The predicted octanol–water partition coefficient (Wildman–Crippen LogP) is 3.46. The van der Waals surface area contributed by atoms with Crippen molar-refractivity contribution in [3.05, 3.63) is 56.7 Å². The Balaban J connectivity index is 1.74. The van der Waals surface area contributed by atoms with Crippen molar-refractivity contribution in [2.24, 2.45) is 0 Å². The summed E-state index contributed by atoms with van der Waals surface area (Å²) >= 11 is 7.45. The smallest absolute Gasteiger partial charge is 0.234 e. The molecule has 2 rings (SSSR count). The molecule has 1 aromatic heterocycles. The standard InChI is InChI=1S/C16H19ClN2OS/c1-12-3-5-13(6-4-12)9-18-16(20)11-19(2)10-14-7-8-15(17)21-14/h3-8H,9-11H2,1-2H3,(H,18,20). The summed E-state index contributed by atoms with van der Waals surface area (Å²) in [6.45, 7) is 3.72. The number of carbonyl (C=O) groups is 1. The molecule has 0 aliphatic carbocycles. The highest BCUT2D eigenvalue weighted by Gasteiger charge is 2.08. The number of rotatable bonds is 6. The third-order valence-electron chi connectivity index (χ3n) is 3.08. The van der Waals surface area contributed by atoms with Crippen LogP contribution in [0.1, 0.15) is 16.0 Å². The molecule has 0 fully saturated rings. The molecule has 1 amide bonds. The summed E-state index contributed by atoms with van der Waals surface area (Å²) in [7, 11) is 1.93. The van der Waals surface area contributed by atoms with E-state index in [2.05, 4.69) is 5.32 Å². The van der Waals surface area contributed by atoms with Gasteiger partial charge in [-0.2, -0.15) is 0 Å². The highest BCUT2D eigenvalue weighted by molar-refractivity contribution is 7.16. The van der Waals surface area contributed by atoms with E-state index >= 15 is 0 Å². The lowest BCUT2D eigenvalue weighted by Gasteiger charge is -2.15. The van der Waals surface area contributed by atoms with Gasteiger partial charge < -0.3 is 5.32 Å². The molecule has 0 atom stereocenters. The van der Waals surface area contributed by atoms with Crippen molar-refractivity contribution < 1.29 is 4.79 Å². The molecular formula is C16H19ClN2OS. The van der Waals surface area contributed by atoms with Gasteiger partial charge in [0.2, 0.25) is 5.91 Å². The molecule has 112 valence electrons. The van der Waals surface area contributed by atoms with Crippen LogP contribution < -0.4 is 5.32 Å². The molecule has 2 aromatic rings. The van der Waals surface area contributed by atoms with E-state index in [1.807, 2.05) is 55.3 Å².